The summed E-state index contributed by atoms with van der Waals surface area (Å²) in [4.78, 5) is 8.01. The Morgan fingerprint density at radius 1 is 1.33 bits per heavy atom. The van der Waals surface area contributed by atoms with Crippen LogP contribution in [0.5, 0.6) is 0 Å². The number of aromatic nitrogens is 2. The molecule has 18 heavy (non-hydrogen) atoms. The molecule has 3 N–H and O–H groups in total. The van der Waals surface area contributed by atoms with Gasteiger partial charge in [-0.05, 0) is 30.9 Å². The first-order valence-corrected chi connectivity index (χ1v) is 6.49. The van der Waals surface area contributed by atoms with Gasteiger partial charge in [-0.25, -0.2) is 4.98 Å². The number of nitrogens with two attached hydrogens (primary N) is 1. The number of nitrogens with one attached hydrogen (secondary N) is 1. The number of halogens is 1. The van der Waals surface area contributed by atoms with Crippen molar-refractivity contribution in [2.45, 2.75) is 27.2 Å². The highest BCUT2D eigenvalue weighted by Gasteiger charge is 2.06. The molecule has 0 saturated heterocycles. The molecule has 1 rings (SSSR count). The zero-order valence-electron chi connectivity index (χ0n) is 11.2. The molecule has 0 bridgehead atoms. The maximum Gasteiger partial charge on any atom is 0.224 e. The number of nitrogens with zero attached hydrogens (tertiary/aromatic N) is 2. The van der Waals surface area contributed by atoms with Crippen LogP contribution >= 0.6 is 11.6 Å². The van der Waals surface area contributed by atoms with E-state index in [4.69, 9.17) is 22.1 Å². The summed E-state index contributed by atoms with van der Waals surface area (Å²) in [6.45, 7) is 8.19. The molecule has 1 aromatic rings. The molecule has 0 spiro atoms. The first-order chi connectivity index (χ1) is 8.50. The van der Waals surface area contributed by atoms with Gasteiger partial charge in [0.2, 0.25) is 5.28 Å². The summed E-state index contributed by atoms with van der Waals surface area (Å²) < 4.78 is 5.49. The summed E-state index contributed by atoms with van der Waals surface area (Å²) in [5, 5.41) is 3.30. The molecule has 0 aromatic carbocycles. The number of ether oxygens (including phenoxy) is 1. The molecule has 0 saturated carbocycles. The highest BCUT2D eigenvalue weighted by Crippen LogP contribution is 2.19. The van der Waals surface area contributed by atoms with E-state index >= 15 is 0 Å². The first-order valence-electron chi connectivity index (χ1n) is 6.12. The minimum Gasteiger partial charge on any atom is -0.394 e. The van der Waals surface area contributed by atoms with Gasteiger partial charge in [-0.15, -0.1) is 0 Å². The van der Waals surface area contributed by atoms with E-state index in [0.717, 1.165) is 13.0 Å². The van der Waals surface area contributed by atoms with Crippen molar-refractivity contribution in [1.29, 1.82) is 0 Å². The van der Waals surface area contributed by atoms with Crippen LogP contribution in [-0.4, -0.2) is 29.7 Å². The third-order valence-corrected chi connectivity index (χ3v) is 2.66. The van der Waals surface area contributed by atoms with E-state index in [9.17, 15) is 0 Å². The Kier molecular flexibility index (Phi) is 6.15. The Hall–Kier alpha value is -1.07. The smallest absolute Gasteiger partial charge is 0.224 e. The van der Waals surface area contributed by atoms with Crippen molar-refractivity contribution >= 4 is 23.1 Å². The summed E-state index contributed by atoms with van der Waals surface area (Å²) in [5.74, 6) is 1.23. The topological polar surface area (TPSA) is 73.1 Å². The van der Waals surface area contributed by atoms with Gasteiger partial charge in [-0.3, -0.25) is 0 Å². The van der Waals surface area contributed by atoms with Crippen molar-refractivity contribution in [1.82, 2.24) is 9.97 Å². The summed E-state index contributed by atoms with van der Waals surface area (Å²) in [5.41, 5.74) is 7.05. The molecule has 5 nitrogen and oxygen atoms in total. The Labute approximate surface area is 113 Å². The van der Waals surface area contributed by atoms with Crippen LogP contribution in [0.3, 0.4) is 0 Å². The highest BCUT2D eigenvalue weighted by atomic mass is 35.5. The van der Waals surface area contributed by atoms with Crippen LogP contribution in [0, 0.1) is 12.8 Å². The lowest BCUT2D eigenvalue weighted by atomic mass is 10.1. The van der Waals surface area contributed by atoms with Crippen LogP contribution in [-0.2, 0) is 4.74 Å². The van der Waals surface area contributed by atoms with E-state index in [1.54, 1.807) is 6.92 Å². The second-order valence-electron chi connectivity index (χ2n) is 4.56. The molecule has 0 aliphatic carbocycles. The highest BCUT2D eigenvalue weighted by molar-refractivity contribution is 6.28. The second kappa shape index (κ2) is 7.38. The number of hydrogen-bond donors (Lipinski definition) is 2. The molecule has 0 fully saturated rings. The van der Waals surface area contributed by atoms with E-state index in [1.807, 2.05) is 0 Å². The molecule has 1 aromatic heterocycles. The lowest BCUT2D eigenvalue weighted by Gasteiger charge is -2.11. The lowest BCUT2D eigenvalue weighted by Crippen LogP contribution is -2.14. The van der Waals surface area contributed by atoms with Crippen molar-refractivity contribution < 1.29 is 4.74 Å². The average molecular weight is 273 g/mol. The van der Waals surface area contributed by atoms with Gasteiger partial charge in [0, 0.05) is 13.2 Å². The van der Waals surface area contributed by atoms with Crippen molar-refractivity contribution in [3.8, 4) is 0 Å². The average Bonchev–Trinajstić information content (AvgIpc) is 2.29. The van der Waals surface area contributed by atoms with Crippen molar-refractivity contribution in [3.05, 3.63) is 11.0 Å². The summed E-state index contributed by atoms with van der Waals surface area (Å²) in [6.07, 6.45) is 1.07. The van der Waals surface area contributed by atoms with E-state index in [1.165, 1.54) is 0 Å². The van der Waals surface area contributed by atoms with Gasteiger partial charge in [-0.2, -0.15) is 4.98 Å². The SMILES string of the molecule is Cc1nc(Cl)nc(NCCOCCC(C)C)c1N. The first kappa shape index (κ1) is 15.0. The van der Waals surface area contributed by atoms with Crippen molar-refractivity contribution in [2.24, 2.45) is 5.92 Å². The maximum atomic E-state index is 5.85. The zero-order chi connectivity index (χ0) is 13.5. The fraction of sp³-hybridized carbons (Fsp3) is 0.667. The molecular weight excluding hydrogens is 252 g/mol. The molecule has 102 valence electrons. The standard InChI is InChI=1S/C12H21ClN4O/c1-8(2)4-6-18-7-5-15-11-10(14)9(3)16-12(13)17-11/h8H,4-7,14H2,1-3H3,(H,15,16,17). The summed E-state index contributed by atoms with van der Waals surface area (Å²) >= 11 is 5.77. The fourth-order valence-corrected chi connectivity index (χ4v) is 1.56. The molecular formula is C12H21ClN4O. The number of aryl methyl sites for hydroxylation is 1. The Morgan fingerprint density at radius 2 is 2.06 bits per heavy atom. The second-order valence-corrected chi connectivity index (χ2v) is 4.90. The molecule has 0 aliphatic heterocycles. The van der Waals surface area contributed by atoms with E-state index in [2.05, 4.69) is 29.1 Å². The Morgan fingerprint density at radius 3 is 2.72 bits per heavy atom. The molecule has 1 heterocycles. The van der Waals surface area contributed by atoms with Crippen LogP contribution in [0.4, 0.5) is 11.5 Å². The monoisotopic (exact) mass is 272 g/mol. The van der Waals surface area contributed by atoms with Crippen LogP contribution in [0.1, 0.15) is 26.0 Å². The maximum absolute atomic E-state index is 5.85. The number of anilines is 2. The third-order valence-electron chi connectivity index (χ3n) is 2.49. The molecule has 0 radical (unpaired) electrons. The molecule has 0 unspecified atom stereocenters. The number of rotatable bonds is 7. The molecule has 0 atom stereocenters. The summed E-state index contributed by atoms with van der Waals surface area (Å²) in [6, 6.07) is 0. The largest absolute Gasteiger partial charge is 0.394 e. The van der Waals surface area contributed by atoms with Crippen LogP contribution < -0.4 is 11.1 Å². The van der Waals surface area contributed by atoms with Gasteiger partial charge < -0.3 is 15.8 Å². The predicted octanol–water partition coefficient (Wildman–Crippen LogP) is 2.50. The summed E-state index contributed by atoms with van der Waals surface area (Å²) in [7, 11) is 0. The number of nitrogen functional groups attached to an aromatic ring is 1. The third kappa shape index (κ3) is 5.06. The minimum atomic E-state index is 0.199. The van der Waals surface area contributed by atoms with Gasteiger partial charge in [0.15, 0.2) is 5.82 Å². The normalized spacial score (nSPS) is 10.9. The van der Waals surface area contributed by atoms with E-state index in [0.29, 0.717) is 36.3 Å². The van der Waals surface area contributed by atoms with E-state index in [-0.39, 0.29) is 5.28 Å². The lowest BCUT2D eigenvalue weighted by molar-refractivity contribution is 0.132. The van der Waals surface area contributed by atoms with Gasteiger partial charge in [0.05, 0.1) is 18.0 Å². The van der Waals surface area contributed by atoms with Gasteiger partial charge >= 0.3 is 0 Å². The van der Waals surface area contributed by atoms with Crippen LogP contribution in [0.25, 0.3) is 0 Å². The predicted molar refractivity (Wildman–Crippen MR) is 75.0 cm³/mol. The quantitative estimate of drug-likeness (QED) is 0.589. The van der Waals surface area contributed by atoms with Gasteiger partial charge in [0.25, 0.3) is 0 Å². The van der Waals surface area contributed by atoms with E-state index < -0.39 is 0 Å². The molecule has 0 amide bonds. The molecule has 6 heteroatoms. The van der Waals surface area contributed by atoms with Crippen LogP contribution in [0.2, 0.25) is 5.28 Å². The minimum absolute atomic E-state index is 0.199. The molecule has 0 aliphatic rings. The number of hydrogen-bond acceptors (Lipinski definition) is 5. The zero-order valence-corrected chi connectivity index (χ0v) is 11.9. The van der Waals surface area contributed by atoms with Crippen molar-refractivity contribution in [3.63, 3.8) is 0 Å². The fourth-order valence-electron chi connectivity index (χ4n) is 1.34. The Bertz CT molecular complexity index is 385. The Balaban J connectivity index is 2.31. The van der Waals surface area contributed by atoms with Crippen molar-refractivity contribution in [2.75, 3.05) is 30.8 Å². The van der Waals surface area contributed by atoms with Gasteiger partial charge in [-0.1, -0.05) is 13.8 Å². The van der Waals surface area contributed by atoms with Gasteiger partial charge in [0.1, 0.15) is 0 Å². The van der Waals surface area contributed by atoms with Crippen LogP contribution in [0.15, 0.2) is 0 Å².